The Morgan fingerprint density at radius 2 is 2.07 bits per heavy atom. The molecule has 0 unspecified atom stereocenters. The van der Waals surface area contributed by atoms with Gasteiger partial charge in [0.05, 0.1) is 6.10 Å². The summed E-state index contributed by atoms with van der Waals surface area (Å²) in [6, 6.07) is 0. The molecule has 0 spiro atoms. The van der Waals surface area contributed by atoms with Gasteiger partial charge in [-0.15, -0.1) is 0 Å². The standard InChI is InChI=1S/C10H18O4/c1-6(2)8(12)9-7(11)5-13-10(3,4)14-9/h6,8-9,12H,5H2,1-4H3/t8-,9+/m0/s1. The predicted molar refractivity (Wildman–Crippen MR) is 50.8 cm³/mol. The van der Waals surface area contributed by atoms with Crippen molar-refractivity contribution in [2.75, 3.05) is 6.61 Å². The fourth-order valence-electron chi connectivity index (χ4n) is 1.34. The van der Waals surface area contributed by atoms with Gasteiger partial charge in [-0.2, -0.15) is 0 Å². The third kappa shape index (κ3) is 2.53. The van der Waals surface area contributed by atoms with Crippen molar-refractivity contribution in [3.63, 3.8) is 0 Å². The molecule has 0 aliphatic carbocycles. The number of ether oxygens (including phenoxy) is 2. The Bertz CT molecular complexity index is 222. The average molecular weight is 202 g/mol. The first-order valence-electron chi connectivity index (χ1n) is 4.86. The first kappa shape index (κ1) is 11.6. The van der Waals surface area contributed by atoms with E-state index >= 15 is 0 Å². The maximum Gasteiger partial charge on any atom is 0.190 e. The lowest BCUT2D eigenvalue weighted by atomic mass is 9.98. The zero-order chi connectivity index (χ0) is 10.9. The van der Waals surface area contributed by atoms with Crippen molar-refractivity contribution in [3.8, 4) is 0 Å². The summed E-state index contributed by atoms with van der Waals surface area (Å²) < 4.78 is 10.5. The Balaban J connectivity index is 2.70. The molecule has 82 valence electrons. The molecule has 1 N–H and O–H groups in total. The van der Waals surface area contributed by atoms with Gasteiger partial charge in [0.25, 0.3) is 0 Å². The van der Waals surface area contributed by atoms with E-state index in [9.17, 15) is 9.90 Å². The average Bonchev–Trinajstić information content (AvgIpc) is 2.08. The van der Waals surface area contributed by atoms with Crippen molar-refractivity contribution in [1.82, 2.24) is 0 Å². The zero-order valence-electron chi connectivity index (χ0n) is 9.11. The van der Waals surface area contributed by atoms with Gasteiger partial charge in [0, 0.05) is 0 Å². The Labute approximate surface area is 84.2 Å². The second-order valence-corrected chi connectivity index (χ2v) is 4.43. The molecule has 1 rings (SSSR count). The molecule has 0 radical (unpaired) electrons. The molecule has 0 bridgehead atoms. The van der Waals surface area contributed by atoms with E-state index < -0.39 is 18.0 Å². The first-order chi connectivity index (χ1) is 6.33. The van der Waals surface area contributed by atoms with Gasteiger partial charge in [-0.05, 0) is 19.8 Å². The van der Waals surface area contributed by atoms with E-state index in [1.807, 2.05) is 13.8 Å². The minimum Gasteiger partial charge on any atom is -0.390 e. The minimum absolute atomic E-state index is 0.00199. The van der Waals surface area contributed by atoms with Crippen LogP contribution in [0.3, 0.4) is 0 Å². The largest absolute Gasteiger partial charge is 0.390 e. The molecule has 1 saturated heterocycles. The lowest BCUT2D eigenvalue weighted by Gasteiger charge is -2.37. The number of aliphatic hydroxyl groups is 1. The number of carbonyl (C=O) groups is 1. The van der Waals surface area contributed by atoms with E-state index in [2.05, 4.69) is 0 Å². The van der Waals surface area contributed by atoms with E-state index in [1.165, 1.54) is 0 Å². The summed E-state index contributed by atoms with van der Waals surface area (Å²) in [6.07, 6.45) is -1.51. The SMILES string of the molecule is CC(C)[C@H](O)[C@@H]1OC(C)(C)OCC1=O. The minimum atomic E-state index is -0.783. The second kappa shape index (κ2) is 3.96. The predicted octanol–water partition coefficient (Wildman–Crippen LogP) is 0.724. The summed E-state index contributed by atoms with van der Waals surface area (Å²) >= 11 is 0. The Kier molecular flexibility index (Phi) is 3.29. The highest BCUT2D eigenvalue weighted by Gasteiger charge is 2.40. The van der Waals surface area contributed by atoms with Crippen LogP contribution in [-0.4, -0.2) is 35.5 Å². The van der Waals surface area contributed by atoms with Crippen molar-refractivity contribution in [1.29, 1.82) is 0 Å². The quantitative estimate of drug-likeness (QED) is 0.717. The number of hydrogen-bond donors (Lipinski definition) is 1. The van der Waals surface area contributed by atoms with Crippen LogP contribution in [0.2, 0.25) is 0 Å². The molecule has 1 fully saturated rings. The van der Waals surface area contributed by atoms with Gasteiger partial charge in [-0.25, -0.2) is 0 Å². The highest BCUT2D eigenvalue weighted by Crippen LogP contribution is 2.24. The van der Waals surface area contributed by atoms with Gasteiger partial charge in [0.1, 0.15) is 12.7 Å². The maximum atomic E-state index is 11.4. The van der Waals surface area contributed by atoms with Crippen LogP contribution in [0.5, 0.6) is 0 Å². The van der Waals surface area contributed by atoms with E-state index in [1.54, 1.807) is 13.8 Å². The monoisotopic (exact) mass is 202 g/mol. The fourth-order valence-corrected chi connectivity index (χ4v) is 1.34. The van der Waals surface area contributed by atoms with Crippen molar-refractivity contribution < 1.29 is 19.4 Å². The molecular formula is C10H18O4. The number of rotatable bonds is 2. The molecule has 1 aliphatic heterocycles. The molecule has 0 aromatic heterocycles. The van der Waals surface area contributed by atoms with Crippen LogP contribution >= 0.6 is 0 Å². The summed E-state index contributed by atoms with van der Waals surface area (Å²) in [5.41, 5.74) is 0. The van der Waals surface area contributed by atoms with E-state index in [0.29, 0.717) is 0 Å². The van der Waals surface area contributed by atoms with E-state index in [4.69, 9.17) is 9.47 Å². The topological polar surface area (TPSA) is 55.8 Å². The van der Waals surface area contributed by atoms with Gasteiger partial charge >= 0.3 is 0 Å². The lowest BCUT2D eigenvalue weighted by molar-refractivity contribution is -0.273. The normalized spacial score (nSPS) is 29.3. The summed E-state index contributed by atoms with van der Waals surface area (Å²) in [5, 5.41) is 9.75. The summed E-state index contributed by atoms with van der Waals surface area (Å²) in [7, 11) is 0. The van der Waals surface area contributed by atoms with Crippen molar-refractivity contribution in [3.05, 3.63) is 0 Å². The van der Waals surface area contributed by atoms with Crippen LogP contribution in [0, 0.1) is 5.92 Å². The van der Waals surface area contributed by atoms with Gasteiger partial charge in [-0.1, -0.05) is 13.8 Å². The molecule has 4 nitrogen and oxygen atoms in total. The van der Waals surface area contributed by atoms with Gasteiger partial charge in [0.15, 0.2) is 11.6 Å². The van der Waals surface area contributed by atoms with Crippen LogP contribution in [0.4, 0.5) is 0 Å². The molecule has 4 heteroatoms. The molecule has 1 heterocycles. The Morgan fingerprint density at radius 3 is 2.57 bits per heavy atom. The zero-order valence-corrected chi connectivity index (χ0v) is 9.11. The maximum absolute atomic E-state index is 11.4. The van der Waals surface area contributed by atoms with Crippen molar-refractivity contribution in [2.24, 2.45) is 5.92 Å². The second-order valence-electron chi connectivity index (χ2n) is 4.43. The van der Waals surface area contributed by atoms with Crippen LogP contribution in [0.1, 0.15) is 27.7 Å². The molecular weight excluding hydrogens is 184 g/mol. The number of carbonyl (C=O) groups excluding carboxylic acids is 1. The number of hydrogen-bond acceptors (Lipinski definition) is 4. The highest BCUT2D eigenvalue weighted by atomic mass is 16.7. The van der Waals surface area contributed by atoms with E-state index in [-0.39, 0.29) is 18.3 Å². The smallest absolute Gasteiger partial charge is 0.190 e. The van der Waals surface area contributed by atoms with Crippen molar-refractivity contribution in [2.45, 2.75) is 45.7 Å². The van der Waals surface area contributed by atoms with Gasteiger partial charge < -0.3 is 14.6 Å². The molecule has 0 aromatic carbocycles. The Morgan fingerprint density at radius 1 is 1.50 bits per heavy atom. The molecule has 0 saturated carbocycles. The third-order valence-electron chi connectivity index (χ3n) is 2.28. The van der Waals surface area contributed by atoms with Gasteiger partial charge in [-0.3, -0.25) is 4.79 Å². The number of ketones is 1. The summed E-state index contributed by atoms with van der Waals surface area (Å²) in [6.45, 7) is 7.19. The van der Waals surface area contributed by atoms with E-state index in [0.717, 1.165) is 0 Å². The lowest BCUT2D eigenvalue weighted by Crippen LogP contribution is -2.52. The Hall–Kier alpha value is -0.450. The third-order valence-corrected chi connectivity index (χ3v) is 2.28. The molecule has 0 aromatic rings. The number of Topliss-reactive ketones (excluding diaryl/α,β-unsaturated/α-hetero) is 1. The van der Waals surface area contributed by atoms with Gasteiger partial charge in [0.2, 0.25) is 0 Å². The van der Waals surface area contributed by atoms with Crippen molar-refractivity contribution >= 4 is 5.78 Å². The molecule has 14 heavy (non-hydrogen) atoms. The molecule has 1 aliphatic rings. The molecule has 2 atom stereocenters. The van der Waals surface area contributed by atoms with Crippen LogP contribution in [-0.2, 0) is 14.3 Å². The molecule has 0 amide bonds. The van der Waals surface area contributed by atoms with Crippen LogP contribution in [0.25, 0.3) is 0 Å². The summed E-state index contributed by atoms with van der Waals surface area (Å²) in [4.78, 5) is 11.4. The van der Waals surface area contributed by atoms with Crippen LogP contribution in [0.15, 0.2) is 0 Å². The fraction of sp³-hybridized carbons (Fsp3) is 0.900. The highest BCUT2D eigenvalue weighted by molar-refractivity contribution is 5.85. The first-order valence-corrected chi connectivity index (χ1v) is 4.86. The van der Waals surface area contributed by atoms with Crippen LogP contribution < -0.4 is 0 Å². The number of aliphatic hydroxyl groups excluding tert-OH is 1. The summed E-state index contributed by atoms with van der Waals surface area (Å²) in [5.74, 6) is -0.975.